The molecule has 4 nitrogen and oxygen atoms in total. The molecule has 2 heterocycles. The van der Waals surface area contributed by atoms with Crippen LogP contribution < -0.4 is 14.8 Å². The van der Waals surface area contributed by atoms with Crippen molar-refractivity contribution in [3.8, 4) is 23.3 Å². The van der Waals surface area contributed by atoms with E-state index in [-0.39, 0.29) is 5.92 Å². The van der Waals surface area contributed by atoms with Gasteiger partial charge in [-0.2, -0.15) is 5.26 Å². The highest BCUT2D eigenvalue weighted by Gasteiger charge is 2.35. The largest absolute Gasteiger partial charge is 0.493 e. The number of nitrogens with one attached hydrogen (secondary N) is 1. The van der Waals surface area contributed by atoms with E-state index in [4.69, 9.17) is 9.47 Å². The molecular formula is C20H20N2O2. The van der Waals surface area contributed by atoms with E-state index in [0.717, 1.165) is 43.2 Å². The van der Waals surface area contributed by atoms with Gasteiger partial charge in [-0.3, -0.25) is 0 Å². The van der Waals surface area contributed by atoms with E-state index >= 15 is 0 Å². The predicted octanol–water partition coefficient (Wildman–Crippen LogP) is 3.80. The summed E-state index contributed by atoms with van der Waals surface area (Å²) in [6.07, 6.45) is 2.28. The Balaban J connectivity index is 1.87. The molecule has 1 N–H and O–H groups in total. The highest BCUT2D eigenvalue weighted by atomic mass is 16.5. The van der Waals surface area contributed by atoms with Crippen LogP contribution in [0, 0.1) is 17.2 Å². The van der Waals surface area contributed by atoms with Crippen molar-refractivity contribution in [2.24, 2.45) is 5.92 Å². The van der Waals surface area contributed by atoms with Gasteiger partial charge in [0.05, 0.1) is 18.7 Å². The van der Waals surface area contributed by atoms with Crippen molar-refractivity contribution in [1.29, 1.82) is 5.26 Å². The molecule has 2 aliphatic heterocycles. The third-order valence-corrected chi connectivity index (χ3v) is 5.11. The summed E-state index contributed by atoms with van der Waals surface area (Å²) >= 11 is 0. The van der Waals surface area contributed by atoms with Crippen molar-refractivity contribution in [2.75, 3.05) is 20.2 Å². The summed E-state index contributed by atoms with van der Waals surface area (Å²) < 4.78 is 11.7. The van der Waals surface area contributed by atoms with Crippen molar-refractivity contribution in [3.05, 3.63) is 53.1 Å². The number of ether oxygens (including phenoxy) is 2. The maximum Gasteiger partial charge on any atom is 0.173 e. The van der Waals surface area contributed by atoms with Gasteiger partial charge in [-0.15, -0.1) is 0 Å². The lowest BCUT2D eigenvalue weighted by molar-refractivity contribution is 0.313. The molecule has 2 aliphatic rings. The number of para-hydroxylation sites is 1. The molecule has 0 bridgehead atoms. The Morgan fingerprint density at radius 2 is 2.00 bits per heavy atom. The SMILES string of the molecule is COc1cccc2c1Oc1cc(C#N)ccc1C2C1CCNCC1. The van der Waals surface area contributed by atoms with E-state index in [1.54, 1.807) is 7.11 Å². The Morgan fingerprint density at radius 1 is 1.17 bits per heavy atom. The molecule has 0 aromatic heterocycles. The van der Waals surface area contributed by atoms with Crippen LogP contribution in [0.15, 0.2) is 36.4 Å². The Bertz CT molecular complexity index is 804. The van der Waals surface area contributed by atoms with Gasteiger partial charge in [0.1, 0.15) is 5.75 Å². The molecule has 0 amide bonds. The van der Waals surface area contributed by atoms with Crippen molar-refractivity contribution >= 4 is 0 Å². The highest BCUT2D eigenvalue weighted by molar-refractivity contribution is 5.60. The van der Waals surface area contributed by atoms with Crippen molar-refractivity contribution < 1.29 is 9.47 Å². The molecular weight excluding hydrogens is 300 g/mol. The molecule has 24 heavy (non-hydrogen) atoms. The molecule has 0 radical (unpaired) electrons. The molecule has 1 unspecified atom stereocenters. The van der Waals surface area contributed by atoms with Gasteiger partial charge >= 0.3 is 0 Å². The average Bonchev–Trinajstić information content (AvgIpc) is 2.65. The Labute approximate surface area is 142 Å². The minimum absolute atomic E-state index is 0.286. The van der Waals surface area contributed by atoms with E-state index in [1.807, 2.05) is 24.3 Å². The first kappa shape index (κ1) is 15.0. The second kappa shape index (κ2) is 6.18. The van der Waals surface area contributed by atoms with Crippen LogP contribution in [0.4, 0.5) is 0 Å². The highest BCUT2D eigenvalue weighted by Crippen LogP contribution is 2.52. The molecule has 0 spiro atoms. The number of piperidine rings is 1. The second-order valence-electron chi connectivity index (χ2n) is 6.41. The van der Waals surface area contributed by atoms with Gasteiger partial charge in [-0.25, -0.2) is 0 Å². The molecule has 122 valence electrons. The van der Waals surface area contributed by atoms with Crippen molar-refractivity contribution in [1.82, 2.24) is 5.32 Å². The zero-order valence-electron chi connectivity index (χ0n) is 13.7. The lowest BCUT2D eigenvalue weighted by atomic mass is 9.74. The zero-order chi connectivity index (χ0) is 16.5. The first-order chi connectivity index (χ1) is 11.8. The molecule has 0 aliphatic carbocycles. The number of nitrogens with zero attached hydrogens (tertiary/aromatic N) is 1. The van der Waals surface area contributed by atoms with Gasteiger partial charge in [0, 0.05) is 17.0 Å². The minimum Gasteiger partial charge on any atom is -0.493 e. The van der Waals surface area contributed by atoms with Crippen LogP contribution in [0.2, 0.25) is 0 Å². The third-order valence-electron chi connectivity index (χ3n) is 5.11. The van der Waals surface area contributed by atoms with Crippen LogP contribution in [0.3, 0.4) is 0 Å². The standard InChI is InChI=1S/C20H20N2O2/c1-23-17-4-2-3-16-19(14-7-9-22-10-8-14)15-6-5-13(12-21)11-18(15)24-20(16)17/h2-6,11,14,19,22H,7-10H2,1H3. The van der Waals surface area contributed by atoms with Crippen molar-refractivity contribution in [2.45, 2.75) is 18.8 Å². The Morgan fingerprint density at radius 3 is 2.75 bits per heavy atom. The van der Waals surface area contributed by atoms with Crippen LogP contribution in [0.1, 0.15) is 35.4 Å². The van der Waals surface area contributed by atoms with E-state index in [0.29, 0.717) is 11.5 Å². The number of fused-ring (bicyclic) bond motifs is 2. The molecule has 4 rings (SSSR count). The van der Waals surface area contributed by atoms with Gasteiger partial charge in [-0.05, 0) is 50.0 Å². The quantitative estimate of drug-likeness (QED) is 0.914. The minimum atomic E-state index is 0.286. The summed E-state index contributed by atoms with van der Waals surface area (Å²) in [4.78, 5) is 0. The van der Waals surface area contributed by atoms with E-state index < -0.39 is 0 Å². The van der Waals surface area contributed by atoms with E-state index in [2.05, 4.69) is 23.5 Å². The summed E-state index contributed by atoms with van der Waals surface area (Å²) in [6, 6.07) is 14.1. The van der Waals surface area contributed by atoms with Crippen LogP contribution in [0.25, 0.3) is 0 Å². The summed E-state index contributed by atoms with van der Waals surface area (Å²) in [5.41, 5.74) is 3.00. The molecule has 2 aromatic rings. The van der Waals surface area contributed by atoms with Gasteiger partial charge in [0.25, 0.3) is 0 Å². The lowest BCUT2D eigenvalue weighted by Gasteiger charge is -2.36. The lowest BCUT2D eigenvalue weighted by Crippen LogP contribution is -2.32. The number of hydrogen-bond donors (Lipinski definition) is 1. The Kier molecular flexibility index (Phi) is 3.87. The molecule has 2 aromatic carbocycles. The number of methoxy groups -OCH3 is 1. The molecule has 1 fully saturated rings. The van der Waals surface area contributed by atoms with Crippen molar-refractivity contribution in [3.63, 3.8) is 0 Å². The smallest absolute Gasteiger partial charge is 0.173 e. The van der Waals surface area contributed by atoms with Crippen LogP contribution in [-0.2, 0) is 0 Å². The van der Waals surface area contributed by atoms with Crippen LogP contribution >= 0.6 is 0 Å². The molecule has 1 saturated heterocycles. The first-order valence-corrected chi connectivity index (χ1v) is 8.41. The first-order valence-electron chi connectivity index (χ1n) is 8.41. The monoisotopic (exact) mass is 320 g/mol. The van der Waals surface area contributed by atoms with Crippen LogP contribution in [0.5, 0.6) is 17.2 Å². The normalized spacial score (nSPS) is 19.6. The molecule has 0 saturated carbocycles. The van der Waals surface area contributed by atoms with E-state index in [1.165, 1.54) is 11.1 Å². The van der Waals surface area contributed by atoms with Crippen LogP contribution in [-0.4, -0.2) is 20.2 Å². The number of rotatable bonds is 2. The summed E-state index contributed by atoms with van der Waals surface area (Å²) in [5, 5.41) is 12.7. The van der Waals surface area contributed by atoms with Gasteiger partial charge in [0.15, 0.2) is 11.5 Å². The fourth-order valence-corrected chi connectivity index (χ4v) is 3.96. The summed E-state index contributed by atoms with van der Waals surface area (Å²) in [5.74, 6) is 3.18. The maximum atomic E-state index is 9.21. The fourth-order valence-electron chi connectivity index (χ4n) is 3.96. The summed E-state index contributed by atoms with van der Waals surface area (Å²) in [7, 11) is 1.67. The number of benzene rings is 2. The predicted molar refractivity (Wildman–Crippen MR) is 91.7 cm³/mol. The number of nitriles is 1. The number of hydrogen-bond acceptors (Lipinski definition) is 4. The zero-order valence-corrected chi connectivity index (χ0v) is 13.7. The second-order valence-corrected chi connectivity index (χ2v) is 6.41. The third kappa shape index (κ3) is 2.42. The topological polar surface area (TPSA) is 54.3 Å². The average molecular weight is 320 g/mol. The van der Waals surface area contributed by atoms with Gasteiger partial charge in [0.2, 0.25) is 0 Å². The molecule has 1 atom stereocenters. The summed E-state index contributed by atoms with van der Waals surface area (Å²) in [6.45, 7) is 2.10. The Hall–Kier alpha value is -2.51. The van der Waals surface area contributed by atoms with Gasteiger partial charge in [-0.1, -0.05) is 18.2 Å². The fraction of sp³-hybridized carbons (Fsp3) is 0.350. The van der Waals surface area contributed by atoms with Gasteiger partial charge < -0.3 is 14.8 Å². The van der Waals surface area contributed by atoms with E-state index in [9.17, 15) is 5.26 Å². The maximum absolute atomic E-state index is 9.21. The molecule has 4 heteroatoms.